The molecular formula is C24H18FNO6S. The van der Waals surface area contributed by atoms with E-state index in [0.717, 1.165) is 23.6 Å². The fourth-order valence-electron chi connectivity index (χ4n) is 3.26. The molecule has 1 N–H and O–H groups in total. The summed E-state index contributed by atoms with van der Waals surface area (Å²) in [4.78, 5) is 24.9. The van der Waals surface area contributed by atoms with Crippen LogP contribution in [-0.2, 0) is 14.8 Å². The van der Waals surface area contributed by atoms with Gasteiger partial charge in [-0.15, -0.1) is 0 Å². The van der Waals surface area contributed by atoms with Crippen molar-refractivity contribution in [1.29, 1.82) is 0 Å². The molecule has 0 fully saturated rings. The van der Waals surface area contributed by atoms with Gasteiger partial charge in [0.15, 0.2) is 12.4 Å². The normalized spacial score (nSPS) is 11.3. The predicted molar refractivity (Wildman–Crippen MR) is 119 cm³/mol. The first-order valence-electron chi connectivity index (χ1n) is 9.81. The average molecular weight is 467 g/mol. The Kier molecular flexibility index (Phi) is 5.97. The highest BCUT2D eigenvalue weighted by Gasteiger charge is 2.22. The van der Waals surface area contributed by atoms with Crippen LogP contribution in [0.25, 0.3) is 11.0 Å². The quantitative estimate of drug-likeness (QED) is 0.312. The number of fused-ring (bicyclic) bond motifs is 1. The molecule has 1 aromatic heterocycles. The van der Waals surface area contributed by atoms with E-state index in [9.17, 15) is 22.4 Å². The Morgan fingerprint density at radius 1 is 1.00 bits per heavy atom. The number of hydrogen-bond acceptors (Lipinski definition) is 6. The number of para-hydroxylation sites is 2. The van der Waals surface area contributed by atoms with Crippen LogP contribution >= 0.6 is 0 Å². The largest absolute Gasteiger partial charge is 0.453 e. The summed E-state index contributed by atoms with van der Waals surface area (Å²) in [6, 6.07) is 17.7. The van der Waals surface area contributed by atoms with Crippen molar-refractivity contribution in [3.63, 3.8) is 0 Å². The third kappa shape index (κ3) is 4.78. The summed E-state index contributed by atoms with van der Waals surface area (Å²) in [7, 11) is -4.11. The lowest BCUT2D eigenvalue weighted by Gasteiger charge is -2.13. The molecule has 0 saturated carbocycles. The number of furan rings is 1. The summed E-state index contributed by atoms with van der Waals surface area (Å²) in [5, 5.41) is 0.739. The molecule has 0 amide bonds. The van der Waals surface area contributed by atoms with Crippen LogP contribution in [0.5, 0.6) is 0 Å². The molecule has 7 nitrogen and oxygen atoms in total. The zero-order chi connectivity index (χ0) is 23.6. The van der Waals surface area contributed by atoms with Gasteiger partial charge in [0.25, 0.3) is 10.0 Å². The molecule has 0 aliphatic heterocycles. The van der Waals surface area contributed by atoms with Crippen LogP contribution in [0.1, 0.15) is 26.5 Å². The van der Waals surface area contributed by atoms with Crippen molar-refractivity contribution < 1.29 is 31.6 Å². The van der Waals surface area contributed by atoms with Crippen molar-refractivity contribution in [2.45, 2.75) is 11.8 Å². The number of carbonyl (C=O) groups is 2. The number of esters is 1. The van der Waals surface area contributed by atoms with Gasteiger partial charge in [-0.2, -0.15) is 0 Å². The highest BCUT2D eigenvalue weighted by molar-refractivity contribution is 7.92. The van der Waals surface area contributed by atoms with Gasteiger partial charge in [-0.1, -0.05) is 30.3 Å². The van der Waals surface area contributed by atoms with E-state index in [1.165, 1.54) is 31.2 Å². The van der Waals surface area contributed by atoms with Gasteiger partial charge >= 0.3 is 5.97 Å². The van der Waals surface area contributed by atoms with Gasteiger partial charge in [0.2, 0.25) is 5.78 Å². The second-order valence-corrected chi connectivity index (χ2v) is 8.86. The van der Waals surface area contributed by atoms with Crippen LogP contribution in [0.4, 0.5) is 10.1 Å². The van der Waals surface area contributed by atoms with E-state index < -0.39 is 34.2 Å². The number of nitrogens with one attached hydrogen (secondary N) is 1. The molecule has 1 heterocycles. The van der Waals surface area contributed by atoms with Crippen molar-refractivity contribution in [3.05, 3.63) is 95.5 Å². The van der Waals surface area contributed by atoms with E-state index in [1.807, 2.05) is 0 Å². The Labute approximate surface area is 188 Å². The van der Waals surface area contributed by atoms with Crippen molar-refractivity contribution in [2.24, 2.45) is 0 Å². The maximum atomic E-state index is 13.4. The van der Waals surface area contributed by atoms with E-state index in [0.29, 0.717) is 5.58 Å². The van der Waals surface area contributed by atoms with Gasteiger partial charge in [-0.25, -0.2) is 17.6 Å². The van der Waals surface area contributed by atoms with Crippen LogP contribution in [0, 0.1) is 12.7 Å². The topological polar surface area (TPSA) is 103 Å². The lowest BCUT2D eigenvalue weighted by Crippen LogP contribution is -2.19. The number of ether oxygens (including phenoxy) is 1. The van der Waals surface area contributed by atoms with Crippen LogP contribution in [0.2, 0.25) is 0 Å². The zero-order valence-electron chi connectivity index (χ0n) is 17.4. The second-order valence-electron chi connectivity index (χ2n) is 7.21. The molecule has 0 unspecified atom stereocenters. The first-order chi connectivity index (χ1) is 15.7. The number of ketones is 1. The number of benzene rings is 3. The number of aryl methyl sites for hydroxylation is 1. The zero-order valence-corrected chi connectivity index (χ0v) is 18.2. The molecule has 0 aliphatic carbocycles. The monoisotopic (exact) mass is 467 g/mol. The molecule has 33 heavy (non-hydrogen) atoms. The fourth-order valence-corrected chi connectivity index (χ4v) is 4.57. The first kappa shape index (κ1) is 22.2. The molecule has 4 rings (SSSR count). The summed E-state index contributed by atoms with van der Waals surface area (Å²) in [6.07, 6.45) is 0. The molecule has 3 aromatic carbocycles. The van der Waals surface area contributed by atoms with E-state index in [-0.39, 0.29) is 27.5 Å². The Morgan fingerprint density at radius 3 is 2.48 bits per heavy atom. The molecule has 0 spiro atoms. The van der Waals surface area contributed by atoms with E-state index in [4.69, 9.17) is 9.15 Å². The SMILES string of the molecule is Cc1cc(F)ccc1S(=O)(=O)Nc1ccccc1C(=O)OCC(=O)c1cc2ccccc2o1. The summed E-state index contributed by atoms with van der Waals surface area (Å²) >= 11 is 0. The number of carbonyl (C=O) groups excluding carboxylic acids is 2. The van der Waals surface area contributed by atoms with Crippen LogP contribution < -0.4 is 4.72 Å². The van der Waals surface area contributed by atoms with Gasteiger partial charge in [-0.05, 0) is 55.0 Å². The molecule has 0 radical (unpaired) electrons. The molecule has 0 bridgehead atoms. The van der Waals surface area contributed by atoms with Crippen LogP contribution in [0.15, 0.2) is 82.1 Å². The summed E-state index contributed by atoms with van der Waals surface area (Å²) in [5.74, 6) is -1.96. The lowest BCUT2D eigenvalue weighted by molar-refractivity contribution is 0.0469. The fraction of sp³-hybridized carbons (Fsp3) is 0.0833. The number of hydrogen-bond donors (Lipinski definition) is 1. The maximum Gasteiger partial charge on any atom is 0.340 e. The van der Waals surface area contributed by atoms with Crippen molar-refractivity contribution in [3.8, 4) is 0 Å². The van der Waals surface area contributed by atoms with E-state index in [1.54, 1.807) is 30.3 Å². The molecule has 0 saturated heterocycles. The molecular weight excluding hydrogens is 449 g/mol. The minimum absolute atomic E-state index is 0.0394. The Bertz CT molecular complexity index is 1440. The van der Waals surface area contributed by atoms with Crippen molar-refractivity contribution in [1.82, 2.24) is 0 Å². The summed E-state index contributed by atoms with van der Waals surface area (Å²) in [5.41, 5.74) is 0.614. The van der Waals surface area contributed by atoms with Crippen molar-refractivity contribution >= 4 is 38.4 Å². The van der Waals surface area contributed by atoms with Gasteiger partial charge in [0.1, 0.15) is 11.4 Å². The number of Topliss-reactive ketones (excluding diaryl/α,β-unsaturated/α-hetero) is 1. The maximum absolute atomic E-state index is 13.4. The third-order valence-corrected chi connectivity index (χ3v) is 6.38. The predicted octanol–water partition coefficient (Wildman–Crippen LogP) is 4.72. The number of anilines is 1. The minimum Gasteiger partial charge on any atom is -0.453 e. The number of rotatable bonds is 7. The van der Waals surface area contributed by atoms with Crippen LogP contribution in [-0.4, -0.2) is 26.8 Å². The van der Waals surface area contributed by atoms with E-state index >= 15 is 0 Å². The van der Waals surface area contributed by atoms with Gasteiger partial charge in [0.05, 0.1) is 16.1 Å². The third-order valence-electron chi connectivity index (χ3n) is 4.85. The van der Waals surface area contributed by atoms with Gasteiger partial charge < -0.3 is 9.15 Å². The summed E-state index contributed by atoms with van der Waals surface area (Å²) in [6.45, 7) is 0.873. The van der Waals surface area contributed by atoms with E-state index in [2.05, 4.69) is 4.72 Å². The molecule has 4 aromatic rings. The van der Waals surface area contributed by atoms with Crippen molar-refractivity contribution in [2.75, 3.05) is 11.3 Å². The average Bonchev–Trinajstić information content (AvgIpc) is 3.21. The van der Waals surface area contributed by atoms with Gasteiger partial charge in [0, 0.05) is 5.39 Å². The standard InChI is InChI=1S/C24H18FNO6S/c1-15-12-17(25)10-11-23(15)33(29,30)26-19-8-4-3-7-18(19)24(28)31-14-20(27)22-13-16-6-2-5-9-21(16)32-22/h2-13,26H,14H2,1H3. The smallest absolute Gasteiger partial charge is 0.340 e. The van der Waals surface area contributed by atoms with Crippen LogP contribution in [0.3, 0.4) is 0 Å². The summed E-state index contributed by atoms with van der Waals surface area (Å²) < 4.78 is 51.8. The Morgan fingerprint density at radius 2 is 1.73 bits per heavy atom. The first-order valence-corrected chi connectivity index (χ1v) is 11.3. The van der Waals surface area contributed by atoms with Gasteiger partial charge in [-0.3, -0.25) is 9.52 Å². The molecule has 168 valence electrons. The Balaban J connectivity index is 1.50. The number of halogens is 1. The molecule has 9 heteroatoms. The molecule has 0 aliphatic rings. The lowest BCUT2D eigenvalue weighted by atomic mass is 10.2. The molecule has 0 atom stereocenters. The second kappa shape index (κ2) is 8.87. The number of sulfonamides is 1. The minimum atomic E-state index is -4.11. The highest BCUT2D eigenvalue weighted by Crippen LogP contribution is 2.24. The highest BCUT2D eigenvalue weighted by atomic mass is 32.2. The Hall–Kier alpha value is -3.98.